The first-order valence-corrected chi connectivity index (χ1v) is 8.44. The van der Waals surface area contributed by atoms with Crippen LogP contribution >= 0.6 is 11.6 Å². The zero-order chi connectivity index (χ0) is 18.1. The third kappa shape index (κ3) is 2.82. The van der Waals surface area contributed by atoms with Crippen molar-refractivity contribution in [2.45, 2.75) is 13.5 Å². The summed E-state index contributed by atoms with van der Waals surface area (Å²) in [6, 6.07) is 12.6. The number of hydrazone groups is 1. The van der Waals surface area contributed by atoms with E-state index in [9.17, 15) is 5.11 Å². The van der Waals surface area contributed by atoms with Gasteiger partial charge in [-0.1, -0.05) is 23.7 Å². The normalized spacial score (nSPS) is 11.6. The number of phenolic OH excluding ortho intramolecular Hbond substituents is 1. The SMILES string of the molecule is CCn1c2ccc(Cl)cc2c2nnc(N/N=C/c3ccccc3O)nc21. The summed E-state index contributed by atoms with van der Waals surface area (Å²) in [7, 11) is 0. The van der Waals surface area contributed by atoms with Gasteiger partial charge in [-0.25, -0.2) is 5.43 Å². The van der Waals surface area contributed by atoms with Crippen LogP contribution in [0.4, 0.5) is 5.95 Å². The van der Waals surface area contributed by atoms with Gasteiger partial charge in [-0.15, -0.1) is 10.2 Å². The average Bonchev–Trinajstić information content (AvgIpc) is 2.95. The third-order valence-electron chi connectivity index (χ3n) is 4.05. The van der Waals surface area contributed by atoms with Gasteiger partial charge in [-0.3, -0.25) is 0 Å². The van der Waals surface area contributed by atoms with Gasteiger partial charge >= 0.3 is 0 Å². The number of anilines is 1. The Kier molecular flexibility index (Phi) is 4.14. The highest BCUT2D eigenvalue weighted by atomic mass is 35.5. The van der Waals surface area contributed by atoms with E-state index in [-0.39, 0.29) is 11.7 Å². The Morgan fingerprint density at radius 2 is 2.08 bits per heavy atom. The first kappa shape index (κ1) is 16.3. The smallest absolute Gasteiger partial charge is 0.265 e. The molecular weight excluding hydrogens is 352 g/mol. The fraction of sp³-hybridized carbons (Fsp3) is 0.111. The van der Waals surface area contributed by atoms with E-state index in [4.69, 9.17) is 11.6 Å². The fourth-order valence-corrected chi connectivity index (χ4v) is 3.02. The number of hydrogen-bond acceptors (Lipinski definition) is 6. The summed E-state index contributed by atoms with van der Waals surface area (Å²) in [5, 5.41) is 23.7. The monoisotopic (exact) mass is 366 g/mol. The highest BCUT2D eigenvalue weighted by Crippen LogP contribution is 2.28. The van der Waals surface area contributed by atoms with Crippen molar-refractivity contribution in [3.8, 4) is 5.75 Å². The minimum atomic E-state index is 0.149. The maximum Gasteiger partial charge on any atom is 0.265 e. The molecule has 0 amide bonds. The number of hydrogen-bond donors (Lipinski definition) is 2. The van der Waals surface area contributed by atoms with E-state index in [0.29, 0.717) is 21.7 Å². The number of halogens is 1. The number of fused-ring (bicyclic) bond motifs is 3. The number of aromatic nitrogens is 4. The molecule has 2 aromatic heterocycles. The maximum absolute atomic E-state index is 9.74. The molecule has 0 atom stereocenters. The Labute approximate surface area is 154 Å². The molecule has 0 saturated carbocycles. The number of nitrogens with zero attached hydrogens (tertiary/aromatic N) is 5. The van der Waals surface area contributed by atoms with E-state index in [1.165, 1.54) is 6.21 Å². The van der Waals surface area contributed by atoms with Gasteiger partial charge in [0.1, 0.15) is 11.3 Å². The van der Waals surface area contributed by atoms with Gasteiger partial charge in [0.05, 0.1) is 11.7 Å². The van der Waals surface area contributed by atoms with Gasteiger partial charge in [0.2, 0.25) is 0 Å². The summed E-state index contributed by atoms with van der Waals surface area (Å²) in [6.07, 6.45) is 1.50. The van der Waals surface area contributed by atoms with Crippen LogP contribution in [0.2, 0.25) is 5.02 Å². The van der Waals surface area contributed by atoms with E-state index < -0.39 is 0 Å². The summed E-state index contributed by atoms with van der Waals surface area (Å²) in [6.45, 7) is 2.78. The summed E-state index contributed by atoms with van der Waals surface area (Å²) in [5.74, 6) is 0.420. The summed E-state index contributed by atoms with van der Waals surface area (Å²) in [5.41, 5.74) is 5.75. The first-order chi connectivity index (χ1) is 12.7. The molecule has 4 aromatic rings. The summed E-state index contributed by atoms with van der Waals surface area (Å²) < 4.78 is 2.05. The van der Waals surface area contributed by atoms with E-state index in [0.717, 1.165) is 17.4 Å². The Morgan fingerprint density at radius 1 is 1.23 bits per heavy atom. The molecule has 2 heterocycles. The molecule has 0 aliphatic carbocycles. The quantitative estimate of drug-likeness (QED) is 0.423. The van der Waals surface area contributed by atoms with Crippen LogP contribution in [-0.4, -0.2) is 31.1 Å². The van der Waals surface area contributed by atoms with Gasteiger partial charge in [0.25, 0.3) is 5.95 Å². The van der Waals surface area contributed by atoms with Crippen LogP contribution in [0, 0.1) is 0 Å². The lowest BCUT2D eigenvalue weighted by atomic mass is 10.2. The molecule has 0 saturated heterocycles. The predicted molar refractivity (Wildman–Crippen MR) is 103 cm³/mol. The third-order valence-corrected chi connectivity index (χ3v) is 4.28. The van der Waals surface area contributed by atoms with E-state index in [2.05, 4.69) is 25.7 Å². The molecule has 4 rings (SSSR count). The van der Waals surface area contributed by atoms with Crippen LogP contribution < -0.4 is 5.43 Å². The highest BCUT2D eigenvalue weighted by Gasteiger charge is 2.14. The van der Waals surface area contributed by atoms with Crippen LogP contribution in [0.15, 0.2) is 47.6 Å². The van der Waals surface area contributed by atoms with Crippen LogP contribution in [-0.2, 0) is 6.54 Å². The molecule has 0 unspecified atom stereocenters. The molecule has 0 spiro atoms. The Balaban J connectivity index is 1.71. The number of nitrogens with one attached hydrogen (secondary N) is 1. The molecule has 26 heavy (non-hydrogen) atoms. The lowest BCUT2D eigenvalue weighted by Crippen LogP contribution is -2.02. The second kappa shape index (κ2) is 6.61. The lowest BCUT2D eigenvalue weighted by molar-refractivity contribution is 0.474. The average molecular weight is 367 g/mol. The van der Waals surface area contributed by atoms with Gasteiger partial charge < -0.3 is 9.67 Å². The number of aryl methyl sites for hydroxylation is 1. The number of phenols is 1. The van der Waals surface area contributed by atoms with Crippen molar-refractivity contribution in [2.24, 2.45) is 5.10 Å². The largest absolute Gasteiger partial charge is 0.507 e. The maximum atomic E-state index is 9.74. The topological polar surface area (TPSA) is 88.2 Å². The molecule has 8 heteroatoms. The van der Waals surface area contributed by atoms with Crippen molar-refractivity contribution in [3.05, 3.63) is 53.1 Å². The zero-order valence-corrected chi connectivity index (χ0v) is 14.6. The van der Waals surface area contributed by atoms with E-state index in [1.54, 1.807) is 18.2 Å². The predicted octanol–water partition coefficient (Wildman–Crippen LogP) is 3.80. The fourth-order valence-electron chi connectivity index (χ4n) is 2.85. The summed E-state index contributed by atoms with van der Waals surface area (Å²) >= 11 is 6.11. The second-order valence-corrected chi connectivity index (χ2v) is 6.08. The minimum Gasteiger partial charge on any atom is -0.507 e. The van der Waals surface area contributed by atoms with Gasteiger partial charge in [-0.05, 0) is 37.3 Å². The highest BCUT2D eigenvalue weighted by molar-refractivity contribution is 6.31. The molecule has 0 aliphatic rings. The Hall–Kier alpha value is -3.19. The van der Waals surface area contributed by atoms with Gasteiger partial charge in [-0.2, -0.15) is 10.1 Å². The van der Waals surface area contributed by atoms with Crippen LogP contribution in [0.5, 0.6) is 5.75 Å². The van der Waals surface area contributed by atoms with Crippen molar-refractivity contribution in [2.75, 3.05) is 5.43 Å². The Bertz CT molecular complexity index is 1140. The molecule has 2 N–H and O–H groups in total. The molecule has 0 radical (unpaired) electrons. The standard InChI is InChI=1S/C18H15ClN6O/c1-2-25-14-8-7-12(19)9-13(14)16-17(25)21-18(24-22-16)23-20-10-11-5-3-4-6-15(11)26/h3-10,26H,2H2,1H3,(H,21,23,24)/b20-10+. The first-order valence-electron chi connectivity index (χ1n) is 8.06. The van der Waals surface area contributed by atoms with Gasteiger partial charge in [0.15, 0.2) is 5.65 Å². The van der Waals surface area contributed by atoms with Crippen molar-refractivity contribution >= 4 is 45.8 Å². The van der Waals surface area contributed by atoms with Crippen molar-refractivity contribution < 1.29 is 5.11 Å². The molecular formula is C18H15ClN6O. The molecule has 2 aromatic carbocycles. The molecule has 0 bridgehead atoms. The van der Waals surface area contributed by atoms with Crippen molar-refractivity contribution in [3.63, 3.8) is 0 Å². The van der Waals surface area contributed by atoms with Crippen LogP contribution in [0.25, 0.3) is 22.1 Å². The van der Waals surface area contributed by atoms with Crippen molar-refractivity contribution in [1.82, 2.24) is 19.7 Å². The Morgan fingerprint density at radius 3 is 2.88 bits per heavy atom. The van der Waals surface area contributed by atoms with Crippen molar-refractivity contribution in [1.29, 1.82) is 0 Å². The number of aromatic hydroxyl groups is 1. The van der Waals surface area contributed by atoms with E-state index in [1.807, 2.05) is 35.8 Å². The molecule has 0 fully saturated rings. The number of para-hydroxylation sites is 1. The zero-order valence-electron chi connectivity index (χ0n) is 13.9. The lowest BCUT2D eigenvalue weighted by Gasteiger charge is -2.02. The van der Waals surface area contributed by atoms with Gasteiger partial charge in [0, 0.05) is 22.5 Å². The molecule has 0 aliphatic heterocycles. The molecule has 130 valence electrons. The minimum absolute atomic E-state index is 0.149. The molecule has 7 nitrogen and oxygen atoms in total. The summed E-state index contributed by atoms with van der Waals surface area (Å²) in [4.78, 5) is 4.53. The van der Waals surface area contributed by atoms with Crippen LogP contribution in [0.3, 0.4) is 0 Å². The van der Waals surface area contributed by atoms with Crippen LogP contribution in [0.1, 0.15) is 12.5 Å². The number of benzene rings is 2. The van der Waals surface area contributed by atoms with E-state index >= 15 is 0 Å². The number of rotatable bonds is 4. The second-order valence-electron chi connectivity index (χ2n) is 5.64.